The van der Waals surface area contributed by atoms with Gasteiger partial charge in [0, 0.05) is 36.7 Å². The number of carbonyl (C=O) groups is 1. The van der Waals surface area contributed by atoms with Crippen LogP contribution in [-0.2, 0) is 4.79 Å². The molecule has 0 spiro atoms. The third kappa shape index (κ3) is 6.04. The molecule has 1 unspecified atom stereocenters. The summed E-state index contributed by atoms with van der Waals surface area (Å²) in [4.78, 5) is 24.8. The van der Waals surface area contributed by atoms with Gasteiger partial charge in [-0.2, -0.15) is 0 Å². The predicted octanol–water partition coefficient (Wildman–Crippen LogP) is 5.56. The van der Waals surface area contributed by atoms with Gasteiger partial charge in [0.15, 0.2) is 0 Å². The molecule has 1 heterocycles. The molecule has 3 N–H and O–H groups in total. The van der Waals surface area contributed by atoms with E-state index in [0.29, 0.717) is 22.9 Å². The van der Waals surface area contributed by atoms with Crippen LogP contribution in [0, 0.1) is 17.6 Å². The van der Waals surface area contributed by atoms with E-state index in [9.17, 15) is 9.18 Å². The van der Waals surface area contributed by atoms with Crippen molar-refractivity contribution in [2.75, 3.05) is 12.8 Å². The highest BCUT2D eigenvalue weighted by Crippen LogP contribution is 2.38. The van der Waals surface area contributed by atoms with E-state index in [1.165, 1.54) is 36.7 Å². The van der Waals surface area contributed by atoms with E-state index in [0.717, 1.165) is 25.7 Å². The Kier molecular flexibility index (Phi) is 8.45. The summed E-state index contributed by atoms with van der Waals surface area (Å²) < 4.78 is 34.5. The van der Waals surface area contributed by atoms with Gasteiger partial charge in [-0.25, -0.2) is 18.7 Å². The van der Waals surface area contributed by atoms with Crippen molar-refractivity contribution in [3.63, 3.8) is 0 Å². The molecule has 1 aliphatic rings. The Morgan fingerprint density at radius 1 is 1.16 bits per heavy atom. The average molecular weight is 520 g/mol. The zero-order valence-corrected chi connectivity index (χ0v) is 21.5. The number of ether oxygens (including phenoxy) is 1. The number of aliphatic imine (C=N–C) groups is 1. The Bertz CT molecular complexity index is 1350. The number of nitrogen functional groups attached to an aromatic ring is 1. The fourth-order valence-electron chi connectivity index (χ4n) is 5.03. The van der Waals surface area contributed by atoms with E-state index < -0.39 is 11.6 Å². The number of carbonyl (C=O) groups excluding carboxylic acids is 1. The number of nitrogens with zero attached hydrogens (tertiary/aromatic N) is 3. The first-order chi connectivity index (χ1) is 18.3. The van der Waals surface area contributed by atoms with Crippen LogP contribution in [0.25, 0.3) is 0 Å². The second-order valence-corrected chi connectivity index (χ2v) is 9.41. The lowest BCUT2D eigenvalue weighted by Gasteiger charge is -2.33. The van der Waals surface area contributed by atoms with Gasteiger partial charge in [-0.1, -0.05) is 19.6 Å². The summed E-state index contributed by atoms with van der Waals surface area (Å²) in [5, 5.41) is 2.97. The third-order valence-corrected chi connectivity index (χ3v) is 7.04. The second-order valence-electron chi connectivity index (χ2n) is 9.41. The molecule has 198 valence electrons. The fourth-order valence-corrected chi connectivity index (χ4v) is 5.03. The molecule has 1 amide bonds. The van der Waals surface area contributed by atoms with Crippen molar-refractivity contribution in [1.29, 1.82) is 0 Å². The van der Waals surface area contributed by atoms with Gasteiger partial charge in [-0.15, -0.1) is 0 Å². The Labute approximate surface area is 220 Å². The van der Waals surface area contributed by atoms with E-state index in [1.54, 1.807) is 25.2 Å². The summed E-state index contributed by atoms with van der Waals surface area (Å²) in [6, 6.07) is 10.1. The van der Waals surface area contributed by atoms with Crippen LogP contribution in [0.5, 0.6) is 11.5 Å². The third-order valence-electron chi connectivity index (χ3n) is 7.04. The van der Waals surface area contributed by atoms with Gasteiger partial charge in [-0.3, -0.25) is 9.79 Å². The van der Waals surface area contributed by atoms with E-state index in [2.05, 4.69) is 33.8 Å². The number of nitrogens with one attached hydrogen (secondary N) is 1. The standard InChI is InChI=1S/C29H31F2N5O2/c1-4-25(37)36-20-10-8-18(9-11-20)17(2)27-26(29(32)35-16-34-27)28(33-3)23-13-12-22(15-24(23)31)38-21-7-5-6-19(30)14-21/h4-7,12-18,20H,1,8-11H2,2-3H3,(H,36,37)(H2,32,34,35)/b33-28-. The van der Waals surface area contributed by atoms with Crippen molar-refractivity contribution in [2.24, 2.45) is 10.9 Å². The van der Waals surface area contributed by atoms with Gasteiger partial charge in [0.2, 0.25) is 5.91 Å². The lowest BCUT2D eigenvalue weighted by atomic mass is 9.76. The molecule has 1 aliphatic carbocycles. The molecule has 4 rings (SSSR count). The highest BCUT2D eigenvalue weighted by atomic mass is 19.1. The van der Waals surface area contributed by atoms with Crippen LogP contribution >= 0.6 is 0 Å². The molecule has 38 heavy (non-hydrogen) atoms. The van der Waals surface area contributed by atoms with Gasteiger partial charge in [-0.05, 0) is 61.9 Å². The minimum atomic E-state index is -0.570. The summed E-state index contributed by atoms with van der Waals surface area (Å²) in [7, 11) is 1.57. The smallest absolute Gasteiger partial charge is 0.243 e. The van der Waals surface area contributed by atoms with E-state index in [1.807, 2.05) is 0 Å². The van der Waals surface area contributed by atoms with Gasteiger partial charge in [0.1, 0.15) is 35.3 Å². The SMILES string of the molecule is C=CC(=O)NC1CCC(C(C)c2ncnc(N)c2/C(=N\C)c2ccc(Oc3cccc(F)c3)cc2F)CC1. The van der Waals surface area contributed by atoms with E-state index in [-0.39, 0.29) is 40.7 Å². The molecule has 0 bridgehead atoms. The van der Waals surface area contributed by atoms with Gasteiger partial charge < -0.3 is 15.8 Å². The minimum absolute atomic E-state index is 0.00162. The summed E-state index contributed by atoms with van der Waals surface area (Å²) >= 11 is 0. The summed E-state index contributed by atoms with van der Waals surface area (Å²) in [5.74, 6) is -0.183. The molecular formula is C29H31F2N5O2. The van der Waals surface area contributed by atoms with Crippen LogP contribution < -0.4 is 15.8 Å². The second kappa shape index (κ2) is 11.9. The fraction of sp³-hybridized carbons (Fsp3) is 0.310. The van der Waals surface area contributed by atoms with E-state index >= 15 is 4.39 Å². The number of amides is 1. The number of anilines is 1. The highest BCUT2D eigenvalue weighted by molar-refractivity contribution is 6.16. The normalized spacial score (nSPS) is 18.5. The summed E-state index contributed by atoms with van der Waals surface area (Å²) in [6.45, 7) is 5.59. The maximum atomic E-state index is 15.4. The molecule has 0 aliphatic heterocycles. The van der Waals surface area contributed by atoms with Gasteiger partial charge in [0.25, 0.3) is 0 Å². The number of aromatic nitrogens is 2. The van der Waals surface area contributed by atoms with Crippen molar-refractivity contribution in [3.05, 3.63) is 89.9 Å². The number of halogens is 2. The quantitative estimate of drug-likeness (QED) is 0.300. The number of hydrogen-bond donors (Lipinski definition) is 2. The summed E-state index contributed by atoms with van der Waals surface area (Å²) in [5.41, 5.74) is 8.09. The first-order valence-electron chi connectivity index (χ1n) is 12.5. The molecule has 1 aromatic heterocycles. The van der Waals surface area contributed by atoms with Crippen LogP contribution in [0.1, 0.15) is 55.3 Å². The molecular weight excluding hydrogens is 488 g/mol. The molecule has 0 saturated heterocycles. The minimum Gasteiger partial charge on any atom is -0.457 e. The van der Waals surface area contributed by atoms with Crippen LogP contribution in [0.2, 0.25) is 0 Å². The molecule has 9 heteroatoms. The number of benzene rings is 2. The van der Waals surface area contributed by atoms with Crippen LogP contribution in [0.15, 0.2) is 66.4 Å². The Morgan fingerprint density at radius 2 is 1.89 bits per heavy atom. The first-order valence-corrected chi connectivity index (χ1v) is 12.5. The van der Waals surface area contributed by atoms with Crippen LogP contribution in [-0.4, -0.2) is 34.7 Å². The first kappa shape index (κ1) is 26.9. The van der Waals surface area contributed by atoms with Crippen molar-refractivity contribution in [2.45, 2.75) is 44.6 Å². The number of rotatable bonds is 8. The zero-order valence-electron chi connectivity index (χ0n) is 21.5. The maximum Gasteiger partial charge on any atom is 0.243 e. The molecule has 3 aromatic rings. The van der Waals surface area contributed by atoms with Crippen molar-refractivity contribution in [1.82, 2.24) is 15.3 Å². The number of nitrogens with two attached hydrogens (primary N) is 1. The Balaban J connectivity index is 1.58. The predicted molar refractivity (Wildman–Crippen MR) is 143 cm³/mol. The highest BCUT2D eigenvalue weighted by Gasteiger charge is 2.31. The molecule has 1 fully saturated rings. The van der Waals surface area contributed by atoms with Crippen LogP contribution in [0.3, 0.4) is 0 Å². The molecule has 7 nitrogen and oxygen atoms in total. The largest absolute Gasteiger partial charge is 0.457 e. The van der Waals surface area contributed by atoms with E-state index in [4.69, 9.17) is 10.5 Å². The van der Waals surface area contributed by atoms with Crippen LogP contribution in [0.4, 0.5) is 14.6 Å². The topological polar surface area (TPSA) is 102 Å². The lowest BCUT2D eigenvalue weighted by molar-refractivity contribution is -0.117. The Morgan fingerprint density at radius 3 is 2.55 bits per heavy atom. The molecule has 2 aromatic carbocycles. The molecule has 0 radical (unpaired) electrons. The number of hydrogen-bond acceptors (Lipinski definition) is 6. The lowest BCUT2D eigenvalue weighted by Crippen LogP contribution is -2.37. The van der Waals surface area contributed by atoms with Crippen molar-refractivity contribution in [3.8, 4) is 11.5 Å². The zero-order chi connectivity index (χ0) is 27.2. The average Bonchev–Trinajstić information content (AvgIpc) is 2.91. The van der Waals surface area contributed by atoms with Crippen molar-refractivity contribution >= 4 is 17.4 Å². The Hall–Kier alpha value is -4.14. The summed E-state index contributed by atoms with van der Waals surface area (Å²) in [6.07, 6.45) is 6.19. The van der Waals surface area contributed by atoms with Crippen molar-refractivity contribution < 1.29 is 18.3 Å². The molecule has 1 saturated carbocycles. The molecule has 1 atom stereocenters. The van der Waals surface area contributed by atoms with Gasteiger partial charge in [0.05, 0.1) is 17.0 Å². The monoisotopic (exact) mass is 519 g/mol. The maximum absolute atomic E-state index is 15.4. The van der Waals surface area contributed by atoms with Gasteiger partial charge >= 0.3 is 0 Å².